The van der Waals surface area contributed by atoms with E-state index in [-0.39, 0.29) is 11.9 Å². The van der Waals surface area contributed by atoms with Crippen LogP contribution in [0, 0.1) is 11.7 Å². The lowest BCUT2D eigenvalue weighted by molar-refractivity contribution is -0.0563. The molecule has 0 spiro atoms. The van der Waals surface area contributed by atoms with E-state index in [9.17, 15) is 4.39 Å². The summed E-state index contributed by atoms with van der Waals surface area (Å²) in [4.78, 5) is 0. The fraction of sp³-hybridized carbons (Fsp3) is 0.647. The van der Waals surface area contributed by atoms with Crippen LogP contribution < -0.4 is 5.32 Å². The summed E-state index contributed by atoms with van der Waals surface area (Å²) in [6.45, 7) is 5.98. The summed E-state index contributed by atoms with van der Waals surface area (Å²) in [7, 11) is 0. The van der Waals surface area contributed by atoms with Gasteiger partial charge in [0.15, 0.2) is 0 Å². The highest BCUT2D eigenvalue weighted by Crippen LogP contribution is 2.30. The van der Waals surface area contributed by atoms with Crippen LogP contribution in [-0.4, -0.2) is 19.2 Å². The summed E-state index contributed by atoms with van der Waals surface area (Å²) in [5.74, 6) is 0.408. The van der Waals surface area contributed by atoms with Gasteiger partial charge in [0.2, 0.25) is 0 Å². The zero-order chi connectivity index (χ0) is 14.4. The standard InChI is InChI=1S/C17H26FNO/c1-3-19-12-17(14-8-6-9-15(18)11-14)20-16-10-5-4-7-13(16)2/h6,8-9,11,13,16-17,19H,3-5,7,10,12H2,1-2H3. The Morgan fingerprint density at radius 3 is 2.85 bits per heavy atom. The zero-order valence-corrected chi connectivity index (χ0v) is 12.6. The van der Waals surface area contributed by atoms with Crippen molar-refractivity contribution in [2.45, 2.75) is 51.7 Å². The Morgan fingerprint density at radius 1 is 1.35 bits per heavy atom. The molecule has 1 aromatic carbocycles. The molecule has 112 valence electrons. The molecule has 0 aliphatic heterocycles. The molecule has 2 rings (SSSR count). The highest BCUT2D eigenvalue weighted by atomic mass is 19.1. The largest absolute Gasteiger partial charge is 0.369 e. The van der Waals surface area contributed by atoms with Crippen LogP contribution in [0.2, 0.25) is 0 Å². The summed E-state index contributed by atoms with van der Waals surface area (Å²) in [6, 6.07) is 6.79. The van der Waals surface area contributed by atoms with Gasteiger partial charge < -0.3 is 10.1 Å². The third-order valence-electron chi connectivity index (χ3n) is 4.17. The van der Waals surface area contributed by atoms with Crippen molar-refractivity contribution in [3.63, 3.8) is 0 Å². The zero-order valence-electron chi connectivity index (χ0n) is 12.6. The molecule has 1 N–H and O–H groups in total. The van der Waals surface area contributed by atoms with Gasteiger partial charge in [-0.3, -0.25) is 0 Å². The molecule has 3 atom stereocenters. The maximum atomic E-state index is 13.4. The predicted octanol–water partition coefficient (Wildman–Crippen LogP) is 4.07. The lowest BCUT2D eigenvalue weighted by Crippen LogP contribution is -2.31. The Hall–Kier alpha value is -0.930. The quantitative estimate of drug-likeness (QED) is 0.847. The highest BCUT2D eigenvalue weighted by Gasteiger charge is 2.25. The van der Waals surface area contributed by atoms with Crippen molar-refractivity contribution in [2.75, 3.05) is 13.1 Å². The van der Waals surface area contributed by atoms with Crippen molar-refractivity contribution >= 4 is 0 Å². The monoisotopic (exact) mass is 279 g/mol. The van der Waals surface area contributed by atoms with Gasteiger partial charge in [-0.05, 0) is 43.0 Å². The lowest BCUT2D eigenvalue weighted by atomic mass is 9.87. The topological polar surface area (TPSA) is 21.3 Å². The minimum absolute atomic E-state index is 0.0591. The fourth-order valence-electron chi connectivity index (χ4n) is 2.92. The highest BCUT2D eigenvalue weighted by molar-refractivity contribution is 5.19. The molecule has 2 nitrogen and oxygen atoms in total. The van der Waals surface area contributed by atoms with Crippen LogP contribution in [0.1, 0.15) is 51.2 Å². The molecular weight excluding hydrogens is 253 g/mol. The summed E-state index contributed by atoms with van der Waals surface area (Å²) in [6.07, 6.45) is 5.15. The first kappa shape index (κ1) is 15.5. The van der Waals surface area contributed by atoms with Crippen molar-refractivity contribution in [1.82, 2.24) is 5.32 Å². The van der Waals surface area contributed by atoms with E-state index in [0.29, 0.717) is 12.0 Å². The molecule has 1 aliphatic rings. The van der Waals surface area contributed by atoms with Crippen LogP contribution in [0.5, 0.6) is 0 Å². The Morgan fingerprint density at radius 2 is 2.15 bits per heavy atom. The van der Waals surface area contributed by atoms with Gasteiger partial charge in [0.05, 0.1) is 12.2 Å². The molecule has 0 aromatic heterocycles. The van der Waals surface area contributed by atoms with Gasteiger partial charge in [-0.1, -0.05) is 38.8 Å². The maximum absolute atomic E-state index is 13.4. The average Bonchev–Trinajstić information content (AvgIpc) is 2.45. The molecule has 0 saturated heterocycles. The number of halogens is 1. The van der Waals surface area contributed by atoms with E-state index in [1.54, 1.807) is 12.1 Å². The average molecular weight is 279 g/mol. The van der Waals surface area contributed by atoms with Crippen molar-refractivity contribution in [2.24, 2.45) is 5.92 Å². The van der Waals surface area contributed by atoms with E-state index >= 15 is 0 Å². The predicted molar refractivity (Wildman–Crippen MR) is 80.2 cm³/mol. The molecule has 1 aromatic rings. The lowest BCUT2D eigenvalue weighted by Gasteiger charge is -2.32. The first-order chi connectivity index (χ1) is 9.70. The van der Waals surface area contributed by atoms with E-state index in [1.165, 1.54) is 25.3 Å². The van der Waals surface area contributed by atoms with Gasteiger partial charge in [-0.15, -0.1) is 0 Å². The van der Waals surface area contributed by atoms with E-state index in [0.717, 1.165) is 25.1 Å². The van der Waals surface area contributed by atoms with Crippen LogP contribution in [0.15, 0.2) is 24.3 Å². The molecule has 1 aliphatic carbocycles. The van der Waals surface area contributed by atoms with Gasteiger partial charge in [0, 0.05) is 6.54 Å². The minimum atomic E-state index is -0.190. The van der Waals surface area contributed by atoms with Crippen LogP contribution in [0.4, 0.5) is 4.39 Å². The first-order valence-corrected chi connectivity index (χ1v) is 7.82. The van der Waals surface area contributed by atoms with E-state index in [1.807, 2.05) is 6.07 Å². The number of hydrogen-bond donors (Lipinski definition) is 1. The van der Waals surface area contributed by atoms with Gasteiger partial charge in [-0.2, -0.15) is 0 Å². The summed E-state index contributed by atoms with van der Waals surface area (Å²) in [5, 5.41) is 3.32. The van der Waals surface area contributed by atoms with E-state index in [4.69, 9.17) is 4.74 Å². The summed E-state index contributed by atoms with van der Waals surface area (Å²) >= 11 is 0. The number of likely N-dealkylation sites (N-methyl/N-ethyl adjacent to an activating group) is 1. The molecule has 1 saturated carbocycles. The molecule has 20 heavy (non-hydrogen) atoms. The summed E-state index contributed by atoms with van der Waals surface area (Å²) in [5.41, 5.74) is 0.934. The summed E-state index contributed by atoms with van der Waals surface area (Å²) < 4.78 is 19.7. The molecule has 1 fully saturated rings. The fourth-order valence-corrected chi connectivity index (χ4v) is 2.92. The van der Waals surface area contributed by atoms with Crippen LogP contribution >= 0.6 is 0 Å². The number of rotatable bonds is 6. The van der Waals surface area contributed by atoms with Crippen molar-refractivity contribution < 1.29 is 9.13 Å². The third kappa shape index (κ3) is 4.29. The Kier molecular flexibility index (Phi) is 5.99. The number of ether oxygens (including phenoxy) is 1. The van der Waals surface area contributed by atoms with Gasteiger partial charge in [0.1, 0.15) is 5.82 Å². The maximum Gasteiger partial charge on any atom is 0.123 e. The van der Waals surface area contributed by atoms with Crippen LogP contribution in [0.3, 0.4) is 0 Å². The number of nitrogens with one attached hydrogen (secondary N) is 1. The van der Waals surface area contributed by atoms with Crippen molar-refractivity contribution in [1.29, 1.82) is 0 Å². The molecular formula is C17H26FNO. The number of hydrogen-bond acceptors (Lipinski definition) is 2. The Balaban J connectivity index is 2.06. The second-order valence-corrected chi connectivity index (χ2v) is 5.79. The molecule has 0 bridgehead atoms. The van der Waals surface area contributed by atoms with Gasteiger partial charge >= 0.3 is 0 Å². The first-order valence-electron chi connectivity index (χ1n) is 7.82. The normalized spacial score (nSPS) is 24.6. The molecule has 3 heteroatoms. The van der Waals surface area contributed by atoms with Crippen LogP contribution in [0.25, 0.3) is 0 Å². The van der Waals surface area contributed by atoms with E-state index in [2.05, 4.69) is 19.2 Å². The minimum Gasteiger partial charge on any atom is -0.369 e. The Bertz CT molecular complexity index is 410. The SMILES string of the molecule is CCNCC(OC1CCCCC1C)c1cccc(F)c1. The molecule has 0 heterocycles. The molecule has 3 unspecified atom stereocenters. The van der Waals surface area contributed by atoms with Crippen molar-refractivity contribution in [3.8, 4) is 0 Å². The second-order valence-electron chi connectivity index (χ2n) is 5.79. The number of benzene rings is 1. The smallest absolute Gasteiger partial charge is 0.123 e. The molecule has 0 radical (unpaired) electrons. The van der Waals surface area contributed by atoms with Gasteiger partial charge in [0.25, 0.3) is 0 Å². The van der Waals surface area contributed by atoms with Crippen LogP contribution in [-0.2, 0) is 4.74 Å². The third-order valence-corrected chi connectivity index (χ3v) is 4.17. The second kappa shape index (κ2) is 7.75. The van der Waals surface area contributed by atoms with Crippen molar-refractivity contribution in [3.05, 3.63) is 35.6 Å². The van der Waals surface area contributed by atoms with Gasteiger partial charge in [-0.25, -0.2) is 4.39 Å². The molecule has 0 amide bonds. The Labute approximate surface area is 121 Å². The van der Waals surface area contributed by atoms with E-state index < -0.39 is 0 Å².